The van der Waals surface area contributed by atoms with Crippen molar-refractivity contribution in [1.82, 2.24) is 0 Å². The normalized spacial score (nSPS) is 39.0. The van der Waals surface area contributed by atoms with Crippen LogP contribution in [0, 0.1) is 23.2 Å². The van der Waals surface area contributed by atoms with Crippen LogP contribution in [0.15, 0.2) is 0 Å². The van der Waals surface area contributed by atoms with Crippen LogP contribution in [0.1, 0.15) is 96.8 Å². The molecule has 0 heterocycles. The molecule has 4 bridgehead atoms. The molecule has 4 fully saturated rings. The molecule has 0 spiro atoms. The summed E-state index contributed by atoms with van der Waals surface area (Å²) in [4.78, 5) is 0. The van der Waals surface area contributed by atoms with Gasteiger partial charge in [0.25, 0.3) is 0 Å². The van der Waals surface area contributed by atoms with Gasteiger partial charge in [0, 0.05) is 6.04 Å². The van der Waals surface area contributed by atoms with Crippen molar-refractivity contribution in [2.24, 2.45) is 28.9 Å². The zero-order valence-corrected chi connectivity index (χ0v) is 15.5. The Balaban J connectivity index is 0.00000176. The smallest absolute Gasteiger partial charge is 0.0124 e. The van der Waals surface area contributed by atoms with Crippen LogP contribution >= 0.6 is 12.4 Å². The minimum Gasteiger partial charge on any atom is -0.327 e. The average Bonchev–Trinajstić information content (AvgIpc) is 2.47. The summed E-state index contributed by atoms with van der Waals surface area (Å²) in [6, 6.07) is 0.551. The Morgan fingerprint density at radius 1 is 0.818 bits per heavy atom. The van der Waals surface area contributed by atoms with Crippen LogP contribution < -0.4 is 5.73 Å². The summed E-state index contributed by atoms with van der Waals surface area (Å²) in [5.41, 5.74) is 7.28. The molecule has 4 rings (SSSR count). The van der Waals surface area contributed by atoms with Gasteiger partial charge in [-0.15, -0.1) is 12.4 Å². The summed E-state index contributed by atoms with van der Waals surface area (Å²) in [6.45, 7) is 2.30. The van der Waals surface area contributed by atoms with Crippen molar-refractivity contribution in [2.75, 3.05) is 0 Å². The van der Waals surface area contributed by atoms with Crippen LogP contribution in [0.4, 0.5) is 0 Å². The number of unbranched alkanes of at least 4 members (excludes halogenated alkanes) is 7. The van der Waals surface area contributed by atoms with Gasteiger partial charge in [0.05, 0.1) is 0 Å². The van der Waals surface area contributed by atoms with E-state index in [9.17, 15) is 0 Å². The molecule has 1 nitrogen and oxygen atoms in total. The fourth-order valence-electron chi connectivity index (χ4n) is 6.23. The maximum absolute atomic E-state index is 6.70. The molecule has 0 aromatic heterocycles. The molecule has 3 unspecified atom stereocenters. The first-order valence-corrected chi connectivity index (χ1v) is 9.99. The summed E-state index contributed by atoms with van der Waals surface area (Å²) in [5.74, 6) is 3.00. The van der Waals surface area contributed by atoms with E-state index >= 15 is 0 Å². The monoisotopic (exact) mass is 327 g/mol. The van der Waals surface area contributed by atoms with Crippen LogP contribution in [0.2, 0.25) is 0 Å². The molecule has 4 aliphatic carbocycles. The van der Waals surface area contributed by atoms with E-state index in [0.29, 0.717) is 11.5 Å². The number of halogens is 1. The first-order valence-electron chi connectivity index (χ1n) is 9.99. The average molecular weight is 328 g/mol. The van der Waals surface area contributed by atoms with Crippen LogP contribution in [-0.2, 0) is 0 Å². The summed E-state index contributed by atoms with van der Waals surface area (Å²) in [6.07, 6.45) is 20.5. The molecule has 4 saturated carbocycles. The molecule has 5 atom stereocenters. The Hall–Kier alpha value is 0.250. The summed E-state index contributed by atoms with van der Waals surface area (Å²) in [5, 5.41) is 0. The van der Waals surface area contributed by atoms with E-state index in [1.807, 2.05) is 0 Å². The third-order valence-electron chi connectivity index (χ3n) is 7.07. The Morgan fingerprint density at radius 2 is 1.36 bits per heavy atom. The maximum Gasteiger partial charge on any atom is 0.0124 e. The Morgan fingerprint density at radius 3 is 1.95 bits per heavy atom. The van der Waals surface area contributed by atoms with Crippen molar-refractivity contribution in [3.05, 3.63) is 0 Å². The molecule has 0 radical (unpaired) electrons. The van der Waals surface area contributed by atoms with Crippen LogP contribution in [0.5, 0.6) is 0 Å². The standard InChI is InChI=1S/C20H37N.ClH/c1-2-3-4-5-6-7-8-9-10-20-14-16-11-17(15-20)13-18(12-16)19(20)21;/h16-19H,2-15,21H2,1H3;1H/t16-,17+,18?,19?,20?;. The number of hydrogen-bond donors (Lipinski definition) is 1. The third-order valence-corrected chi connectivity index (χ3v) is 7.07. The number of hydrogen-bond acceptors (Lipinski definition) is 1. The molecule has 0 aromatic rings. The maximum atomic E-state index is 6.70. The molecule has 0 saturated heterocycles. The van der Waals surface area contributed by atoms with Crippen LogP contribution in [0.3, 0.4) is 0 Å². The lowest BCUT2D eigenvalue weighted by Gasteiger charge is -2.60. The topological polar surface area (TPSA) is 26.0 Å². The van der Waals surface area contributed by atoms with Gasteiger partial charge in [-0.3, -0.25) is 0 Å². The van der Waals surface area contributed by atoms with E-state index in [-0.39, 0.29) is 12.4 Å². The van der Waals surface area contributed by atoms with Gasteiger partial charge in [-0.05, 0) is 61.7 Å². The fourth-order valence-corrected chi connectivity index (χ4v) is 6.23. The predicted octanol–water partition coefficient (Wildman–Crippen LogP) is 6.09. The molecule has 22 heavy (non-hydrogen) atoms. The minimum atomic E-state index is 0. The second-order valence-corrected chi connectivity index (χ2v) is 8.72. The Labute approximate surface area is 144 Å². The number of rotatable bonds is 9. The van der Waals surface area contributed by atoms with Crippen molar-refractivity contribution < 1.29 is 0 Å². The van der Waals surface area contributed by atoms with Crippen molar-refractivity contribution in [1.29, 1.82) is 0 Å². The fraction of sp³-hybridized carbons (Fsp3) is 1.00. The second-order valence-electron chi connectivity index (χ2n) is 8.72. The highest BCUT2D eigenvalue weighted by Gasteiger charge is 2.54. The first-order chi connectivity index (χ1) is 10.2. The van der Waals surface area contributed by atoms with Crippen LogP contribution in [0.25, 0.3) is 0 Å². The Bertz CT molecular complexity index is 316. The molecule has 130 valence electrons. The van der Waals surface area contributed by atoms with Gasteiger partial charge in [0.1, 0.15) is 0 Å². The van der Waals surface area contributed by atoms with Gasteiger partial charge in [-0.25, -0.2) is 0 Å². The second kappa shape index (κ2) is 8.38. The van der Waals surface area contributed by atoms with Crippen LogP contribution in [-0.4, -0.2) is 6.04 Å². The highest BCUT2D eigenvalue weighted by atomic mass is 35.5. The number of nitrogens with two attached hydrogens (primary N) is 1. The van der Waals surface area contributed by atoms with E-state index in [1.165, 1.54) is 83.5 Å². The molecule has 4 aliphatic rings. The quantitative estimate of drug-likeness (QED) is 0.509. The van der Waals surface area contributed by atoms with E-state index in [2.05, 4.69) is 6.92 Å². The van der Waals surface area contributed by atoms with E-state index in [4.69, 9.17) is 5.73 Å². The highest BCUT2D eigenvalue weighted by molar-refractivity contribution is 5.85. The Kier molecular flexibility index (Phi) is 7.08. The highest BCUT2D eigenvalue weighted by Crippen LogP contribution is 2.61. The molecule has 0 aromatic carbocycles. The van der Waals surface area contributed by atoms with Gasteiger partial charge in [-0.1, -0.05) is 58.3 Å². The van der Waals surface area contributed by atoms with E-state index < -0.39 is 0 Å². The lowest BCUT2D eigenvalue weighted by Crippen LogP contribution is -2.59. The third kappa shape index (κ3) is 4.01. The molecular weight excluding hydrogens is 290 g/mol. The molecular formula is C20H38ClN. The lowest BCUT2D eigenvalue weighted by molar-refractivity contribution is -0.0773. The van der Waals surface area contributed by atoms with Crippen molar-refractivity contribution in [3.63, 3.8) is 0 Å². The van der Waals surface area contributed by atoms with E-state index in [1.54, 1.807) is 6.42 Å². The zero-order chi connectivity index (χ0) is 14.7. The predicted molar refractivity (Wildman–Crippen MR) is 98.4 cm³/mol. The van der Waals surface area contributed by atoms with Gasteiger partial charge in [-0.2, -0.15) is 0 Å². The lowest BCUT2D eigenvalue weighted by atomic mass is 9.46. The molecule has 0 amide bonds. The first kappa shape index (κ1) is 18.6. The minimum absolute atomic E-state index is 0. The molecule has 2 N–H and O–H groups in total. The summed E-state index contributed by atoms with van der Waals surface area (Å²) in [7, 11) is 0. The zero-order valence-electron chi connectivity index (χ0n) is 14.7. The van der Waals surface area contributed by atoms with Crippen molar-refractivity contribution in [3.8, 4) is 0 Å². The largest absolute Gasteiger partial charge is 0.327 e. The molecule has 0 aliphatic heterocycles. The van der Waals surface area contributed by atoms with Crippen molar-refractivity contribution in [2.45, 2.75) is 103 Å². The molecule has 2 heteroatoms. The van der Waals surface area contributed by atoms with Crippen molar-refractivity contribution >= 4 is 12.4 Å². The summed E-state index contributed by atoms with van der Waals surface area (Å²) >= 11 is 0. The van der Waals surface area contributed by atoms with Gasteiger partial charge in [0.15, 0.2) is 0 Å². The SMILES string of the molecule is CCCCCCCCCCC12C[C@@H]3CC(C[C@@H](C3)C1)C2N.Cl. The van der Waals surface area contributed by atoms with Gasteiger partial charge in [0.2, 0.25) is 0 Å². The van der Waals surface area contributed by atoms with Gasteiger partial charge >= 0.3 is 0 Å². The van der Waals surface area contributed by atoms with Gasteiger partial charge < -0.3 is 5.73 Å². The summed E-state index contributed by atoms with van der Waals surface area (Å²) < 4.78 is 0. The van der Waals surface area contributed by atoms with E-state index in [0.717, 1.165) is 17.8 Å².